The molecule has 1 aromatic carbocycles. The number of halogens is 3. The van der Waals surface area contributed by atoms with Crippen molar-refractivity contribution in [3.8, 4) is 0 Å². The van der Waals surface area contributed by atoms with E-state index in [0.717, 1.165) is 32.0 Å². The minimum absolute atomic E-state index is 0. The quantitative estimate of drug-likeness (QED) is 0.452. The van der Waals surface area contributed by atoms with E-state index in [-0.39, 0.29) is 35.9 Å². The topological polar surface area (TPSA) is 50.8 Å². The molecule has 1 aliphatic heterocycles. The summed E-state index contributed by atoms with van der Waals surface area (Å²) in [6, 6.07) is 3.84. The molecular formula is C15H20F2IN3O. The number of rotatable bonds is 2. The molecule has 122 valence electrons. The van der Waals surface area contributed by atoms with Crippen LogP contribution in [-0.4, -0.2) is 43.2 Å². The van der Waals surface area contributed by atoms with Crippen LogP contribution in [0.2, 0.25) is 0 Å². The van der Waals surface area contributed by atoms with Gasteiger partial charge in [0.15, 0.2) is 5.96 Å². The van der Waals surface area contributed by atoms with Crippen LogP contribution in [0.5, 0.6) is 0 Å². The average molecular weight is 423 g/mol. The second-order valence-corrected chi connectivity index (χ2v) is 5.61. The lowest BCUT2D eigenvalue weighted by Crippen LogP contribution is -2.46. The molecule has 3 rings (SSSR count). The van der Waals surface area contributed by atoms with Gasteiger partial charge in [-0.3, -0.25) is 0 Å². The van der Waals surface area contributed by atoms with Gasteiger partial charge in [0, 0.05) is 19.2 Å². The van der Waals surface area contributed by atoms with Crippen LogP contribution in [0.4, 0.5) is 8.78 Å². The number of nitrogens with zero attached hydrogens (tertiary/aromatic N) is 2. The predicted molar refractivity (Wildman–Crippen MR) is 91.6 cm³/mol. The molecule has 0 atom stereocenters. The molecule has 0 amide bonds. The summed E-state index contributed by atoms with van der Waals surface area (Å²) >= 11 is 0. The number of guanidine groups is 1. The van der Waals surface area contributed by atoms with Crippen LogP contribution in [0.25, 0.3) is 0 Å². The monoisotopic (exact) mass is 423 g/mol. The van der Waals surface area contributed by atoms with Crippen LogP contribution in [0, 0.1) is 11.6 Å². The lowest BCUT2D eigenvalue weighted by atomic mass is 9.76. The highest BCUT2D eigenvalue weighted by atomic mass is 127. The molecule has 4 nitrogen and oxygen atoms in total. The molecule has 2 aliphatic rings. The highest BCUT2D eigenvalue weighted by molar-refractivity contribution is 14.0. The first-order valence-corrected chi connectivity index (χ1v) is 7.24. The number of ether oxygens (including phenoxy) is 1. The minimum Gasteiger partial charge on any atom is -0.378 e. The molecule has 0 aromatic heterocycles. The molecule has 2 N–H and O–H groups in total. The van der Waals surface area contributed by atoms with E-state index in [1.54, 1.807) is 0 Å². The van der Waals surface area contributed by atoms with Gasteiger partial charge in [0.2, 0.25) is 0 Å². The maximum atomic E-state index is 13.2. The summed E-state index contributed by atoms with van der Waals surface area (Å²) in [7, 11) is 0. The highest BCUT2D eigenvalue weighted by Gasteiger charge is 2.31. The SMILES string of the molecule is I.NC(=NC1CC(c2cc(F)cc(F)c2)C1)N1CCOCC1. The van der Waals surface area contributed by atoms with E-state index in [0.29, 0.717) is 24.7 Å². The van der Waals surface area contributed by atoms with E-state index in [2.05, 4.69) is 4.99 Å². The van der Waals surface area contributed by atoms with Crippen molar-refractivity contribution in [2.45, 2.75) is 24.8 Å². The maximum Gasteiger partial charge on any atom is 0.191 e. The van der Waals surface area contributed by atoms with E-state index < -0.39 is 11.6 Å². The highest BCUT2D eigenvalue weighted by Crippen LogP contribution is 2.39. The van der Waals surface area contributed by atoms with Crippen molar-refractivity contribution in [3.05, 3.63) is 35.4 Å². The molecule has 1 aliphatic carbocycles. The fourth-order valence-corrected chi connectivity index (χ4v) is 2.84. The second-order valence-electron chi connectivity index (χ2n) is 5.61. The average Bonchev–Trinajstić information content (AvgIpc) is 2.42. The van der Waals surface area contributed by atoms with Crippen LogP contribution < -0.4 is 5.73 Å². The number of hydrogen-bond acceptors (Lipinski definition) is 2. The van der Waals surface area contributed by atoms with Crippen LogP contribution in [0.3, 0.4) is 0 Å². The fraction of sp³-hybridized carbons (Fsp3) is 0.533. The third kappa shape index (κ3) is 4.07. The Balaban J connectivity index is 0.00000176. The number of nitrogens with two attached hydrogens (primary N) is 1. The standard InChI is InChI=1S/C15H19F2N3O.HI/c16-12-5-10(6-13(17)9-12)11-7-14(8-11)19-15(18)20-1-3-21-4-2-20;/h5-6,9,11,14H,1-4,7-8H2,(H2,18,19);1H. The van der Waals surface area contributed by atoms with Crippen molar-refractivity contribution in [2.75, 3.05) is 26.3 Å². The molecule has 22 heavy (non-hydrogen) atoms. The normalized spacial score (nSPS) is 25.4. The van der Waals surface area contributed by atoms with Crippen LogP contribution in [0.15, 0.2) is 23.2 Å². The van der Waals surface area contributed by atoms with Crippen molar-refractivity contribution in [2.24, 2.45) is 10.7 Å². The Bertz CT molecular complexity index is 523. The van der Waals surface area contributed by atoms with Gasteiger partial charge in [0.05, 0.1) is 19.3 Å². The van der Waals surface area contributed by atoms with Gasteiger partial charge < -0.3 is 15.4 Å². The Morgan fingerprint density at radius 3 is 2.32 bits per heavy atom. The van der Waals surface area contributed by atoms with E-state index in [9.17, 15) is 8.78 Å². The van der Waals surface area contributed by atoms with Crippen LogP contribution >= 0.6 is 24.0 Å². The van der Waals surface area contributed by atoms with Gasteiger partial charge in [-0.25, -0.2) is 13.8 Å². The smallest absolute Gasteiger partial charge is 0.191 e. The Morgan fingerprint density at radius 2 is 1.73 bits per heavy atom. The zero-order chi connectivity index (χ0) is 14.8. The van der Waals surface area contributed by atoms with Gasteiger partial charge in [-0.15, -0.1) is 24.0 Å². The Morgan fingerprint density at radius 1 is 1.14 bits per heavy atom. The first kappa shape index (κ1) is 17.4. The molecular weight excluding hydrogens is 403 g/mol. The zero-order valence-corrected chi connectivity index (χ0v) is 14.5. The summed E-state index contributed by atoms with van der Waals surface area (Å²) in [6.45, 7) is 2.87. The van der Waals surface area contributed by atoms with Crippen LogP contribution in [0.1, 0.15) is 24.3 Å². The Kier molecular flexibility index (Phi) is 5.96. The van der Waals surface area contributed by atoms with E-state index in [4.69, 9.17) is 10.5 Å². The first-order chi connectivity index (χ1) is 10.1. The zero-order valence-electron chi connectivity index (χ0n) is 12.2. The summed E-state index contributed by atoms with van der Waals surface area (Å²) < 4.78 is 31.7. The Hall–Kier alpha value is -0.960. The molecule has 0 bridgehead atoms. The van der Waals surface area contributed by atoms with Gasteiger partial charge in [-0.05, 0) is 36.5 Å². The van der Waals surface area contributed by atoms with Gasteiger partial charge in [0.25, 0.3) is 0 Å². The summed E-state index contributed by atoms with van der Waals surface area (Å²) in [6.07, 6.45) is 1.57. The third-order valence-corrected chi connectivity index (χ3v) is 4.12. The molecule has 2 fully saturated rings. The fourth-order valence-electron chi connectivity index (χ4n) is 2.84. The number of morpholine rings is 1. The predicted octanol–water partition coefficient (Wildman–Crippen LogP) is 2.48. The van der Waals surface area contributed by atoms with Gasteiger partial charge in [0.1, 0.15) is 11.6 Å². The summed E-state index contributed by atoms with van der Waals surface area (Å²) in [5.74, 6) is -0.330. The number of aliphatic imine (C=N–C) groups is 1. The van der Waals surface area contributed by atoms with Crippen molar-refractivity contribution in [1.29, 1.82) is 0 Å². The lowest BCUT2D eigenvalue weighted by Gasteiger charge is -2.35. The number of hydrogen-bond donors (Lipinski definition) is 1. The van der Waals surface area contributed by atoms with E-state index in [1.807, 2.05) is 4.90 Å². The summed E-state index contributed by atoms with van der Waals surface area (Å²) in [5.41, 5.74) is 6.70. The molecule has 1 aromatic rings. The van der Waals surface area contributed by atoms with Gasteiger partial charge in [-0.2, -0.15) is 0 Å². The summed E-state index contributed by atoms with van der Waals surface area (Å²) in [5, 5.41) is 0. The van der Waals surface area contributed by atoms with E-state index >= 15 is 0 Å². The lowest BCUT2D eigenvalue weighted by molar-refractivity contribution is 0.0671. The molecule has 1 saturated carbocycles. The molecule has 7 heteroatoms. The minimum atomic E-state index is -0.523. The largest absolute Gasteiger partial charge is 0.378 e. The first-order valence-electron chi connectivity index (χ1n) is 7.24. The molecule has 0 spiro atoms. The molecule has 0 unspecified atom stereocenters. The van der Waals surface area contributed by atoms with Gasteiger partial charge in [-0.1, -0.05) is 0 Å². The third-order valence-electron chi connectivity index (χ3n) is 4.12. The molecule has 1 heterocycles. The molecule has 1 saturated heterocycles. The number of benzene rings is 1. The summed E-state index contributed by atoms with van der Waals surface area (Å²) in [4.78, 5) is 6.52. The Labute approximate surface area is 145 Å². The van der Waals surface area contributed by atoms with Crippen molar-refractivity contribution in [3.63, 3.8) is 0 Å². The second kappa shape index (κ2) is 7.54. The maximum absolute atomic E-state index is 13.2. The van der Waals surface area contributed by atoms with E-state index in [1.165, 1.54) is 12.1 Å². The van der Waals surface area contributed by atoms with Gasteiger partial charge >= 0.3 is 0 Å². The van der Waals surface area contributed by atoms with Crippen LogP contribution in [-0.2, 0) is 4.74 Å². The molecule has 0 radical (unpaired) electrons. The van der Waals surface area contributed by atoms with Crippen molar-refractivity contribution in [1.82, 2.24) is 4.90 Å². The van der Waals surface area contributed by atoms with Crippen molar-refractivity contribution >= 4 is 29.9 Å². The van der Waals surface area contributed by atoms with Crippen molar-refractivity contribution < 1.29 is 13.5 Å².